The van der Waals surface area contributed by atoms with E-state index in [1.807, 2.05) is 0 Å². The van der Waals surface area contributed by atoms with Gasteiger partial charge in [0, 0.05) is 16.8 Å². The van der Waals surface area contributed by atoms with E-state index in [-0.39, 0.29) is 5.41 Å². The van der Waals surface area contributed by atoms with Crippen molar-refractivity contribution in [3.63, 3.8) is 0 Å². The van der Waals surface area contributed by atoms with E-state index in [1.54, 1.807) is 0 Å². The maximum absolute atomic E-state index is 6.02. The zero-order valence-corrected chi connectivity index (χ0v) is 12.7. The van der Waals surface area contributed by atoms with Gasteiger partial charge in [-0.3, -0.25) is 0 Å². The molecule has 1 N–H and O–H groups in total. The van der Waals surface area contributed by atoms with Crippen LogP contribution in [0.15, 0.2) is 28.7 Å². The molecule has 2 nitrogen and oxygen atoms in total. The van der Waals surface area contributed by atoms with Gasteiger partial charge >= 0.3 is 0 Å². The minimum atomic E-state index is 0.0643. The molecular formula is C17H25NO. The largest absolute Gasteiger partial charge is 0.461 e. The number of benzene rings is 1. The summed E-state index contributed by atoms with van der Waals surface area (Å²) in [5, 5.41) is 4.68. The van der Waals surface area contributed by atoms with E-state index in [1.165, 1.54) is 10.9 Å². The average Bonchev–Trinajstić information content (AvgIpc) is 2.71. The predicted molar refractivity (Wildman–Crippen MR) is 81.7 cm³/mol. The Kier molecular flexibility index (Phi) is 4.00. The Bertz CT molecular complexity index is 551. The SMILES string of the molecule is Cc1ccc2oc(C(C)(C)CCNC(C)C)cc2c1. The van der Waals surface area contributed by atoms with Gasteiger partial charge in [-0.2, -0.15) is 0 Å². The molecule has 1 aromatic carbocycles. The van der Waals surface area contributed by atoms with Crippen molar-refractivity contribution in [3.8, 4) is 0 Å². The van der Waals surface area contributed by atoms with Gasteiger partial charge in [0.25, 0.3) is 0 Å². The fourth-order valence-corrected chi connectivity index (χ4v) is 2.29. The second-order valence-corrected chi connectivity index (χ2v) is 6.39. The predicted octanol–water partition coefficient (Wildman–Crippen LogP) is 4.41. The van der Waals surface area contributed by atoms with Crippen LogP contribution in [0.25, 0.3) is 11.0 Å². The molecule has 19 heavy (non-hydrogen) atoms. The molecule has 1 aromatic heterocycles. The van der Waals surface area contributed by atoms with Crippen LogP contribution in [0.5, 0.6) is 0 Å². The highest BCUT2D eigenvalue weighted by atomic mass is 16.3. The number of fused-ring (bicyclic) bond motifs is 1. The Morgan fingerprint density at radius 3 is 2.63 bits per heavy atom. The molecule has 0 bridgehead atoms. The molecular weight excluding hydrogens is 234 g/mol. The molecule has 0 aliphatic carbocycles. The van der Waals surface area contributed by atoms with Gasteiger partial charge in [0.1, 0.15) is 11.3 Å². The molecule has 1 heterocycles. The van der Waals surface area contributed by atoms with Crippen molar-refractivity contribution >= 4 is 11.0 Å². The van der Waals surface area contributed by atoms with Crippen molar-refractivity contribution < 1.29 is 4.42 Å². The minimum absolute atomic E-state index is 0.0643. The van der Waals surface area contributed by atoms with E-state index in [9.17, 15) is 0 Å². The molecule has 0 amide bonds. The van der Waals surface area contributed by atoms with E-state index in [2.05, 4.69) is 64.2 Å². The molecule has 0 unspecified atom stereocenters. The van der Waals surface area contributed by atoms with E-state index >= 15 is 0 Å². The van der Waals surface area contributed by atoms with Crippen LogP contribution in [0.4, 0.5) is 0 Å². The van der Waals surface area contributed by atoms with Crippen molar-refractivity contribution in [3.05, 3.63) is 35.6 Å². The van der Waals surface area contributed by atoms with Crippen molar-refractivity contribution in [1.29, 1.82) is 0 Å². The number of furan rings is 1. The lowest BCUT2D eigenvalue weighted by atomic mass is 9.86. The van der Waals surface area contributed by atoms with Gasteiger partial charge in [-0.05, 0) is 38.1 Å². The van der Waals surface area contributed by atoms with Crippen molar-refractivity contribution in [2.24, 2.45) is 0 Å². The van der Waals surface area contributed by atoms with Crippen LogP contribution in [0.1, 0.15) is 45.4 Å². The summed E-state index contributed by atoms with van der Waals surface area (Å²) >= 11 is 0. The molecule has 2 heteroatoms. The first-order valence-electron chi connectivity index (χ1n) is 7.12. The van der Waals surface area contributed by atoms with Gasteiger partial charge in [-0.25, -0.2) is 0 Å². The molecule has 0 radical (unpaired) electrons. The first-order chi connectivity index (χ1) is 8.88. The van der Waals surface area contributed by atoms with Crippen molar-refractivity contribution in [1.82, 2.24) is 5.32 Å². The lowest BCUT2D eigenvalue weighted by molar-refractivity contribution is 0.365. The highest BCUT2D eigenvalue weighted by Gasteiger charge is 2.24. The third kappa shape index (κ3) is 3.38. The average molecular weight is 259 g/mol. The zero-order valence-electron chi connectivity index (χ0n) is 12.7. The van der Waals surface area contributed by atoms with Gasteiger partial charge < -0.3 is 9.73 Å². The van der Waals surface area contributed by atoms with Gasteiger partial charge in [-0.15, -0.1) is 0 Å². The number of rotatable bonds is 5. The Morgan fingerprint density at radius 2 is 1.95 bits per heavy atom. The fourth-order valence-electron chi connectivity index (χ4n) is 2.29. The van der Waals surface area contributed by atoms with Crippen molar-refractivity contribution in [2.75, 3.05) is 6.54 Å². The molecule has 0 aliphatic heterocycles. The summed E-state index contributed by atoms with van der Waals surface area (Å²) in [6.45, 7) is 12.0. The summed E-state index contributed by atoms with van der Waals surface area (Å²) in [4.78, 5) is 0. The van der Waals surface area contributed by atoms with Crippen LogP contribution in [0.3, 0.4) is 0 Å². The number of hydrogen-bond acceptors (Lipinski definition) is 2. The molecule has 0 saturated carbocycles. The van der Waals surface area contributed by atoms with E-state index in [0.717, 1.165) is 24.3 Å². The Balaban J connectivity index is 2.17. The number of nitrogens with one attached hydrogen (secondary N) is 1. The number of aryl methyl sites for hydroxylation is 1. The van der Waals surface area contributed by atoms with Crippen LogP contribution in [-0.2, 0) is 5.41 Å². The van der Waals surface area contributed by atoms with Crippen LogP contribution in [-0.4, -0.2) is 12.6 Å². The fraction of sp³-hybridized carbons (Fsp3) is 0.529. The lowest BCUT2D eigenvalue weighted by Crippen LogP contribution is -2.29. The minimum Gasteiger partial charge on any atom is -0.461 e. The first kappa shape index (κ1) is 14.1. The molecule has 2 aromatic rings. The molecule has 0 atom stereocenters. The van der Waals surface area contributed by atoms with Crippen LogP contribution >= 0.6 is 0 Å². The normalized spacial score (nSPS) is 12.5. The van der Waals surface area contributed by atoms with Crippen LogP contribution < -0.4 is 5.32 Å². The standard InChI is InChI=1S/C17H25NO/c1-12(2)18-9-8-17(4,5)16-11-14-10-13(3)6-7-15(14)19-16/h6-7,10-12,18H,8-9H2,1-5H3. The van der Waals surface area contributed by atoms with Gasteiger partial charge in [0.2, 0.25) is 0 Å². The van der Waals surface area contributed by atoms with E-state index in [0.29, 0.717) is 6.04 Å². The van der Waals surface area contributed by atoms with Gasteiger partial charge in [-0.1, -0.05) is 39.3 Å². The molecule has 2 rings (SSSR count). The molecule has 0 spiro atoms. The summed E-state index contributed by atoms with van der Waals surface area (Å²) in [6, 6.07) is 9.08. The first-order valence-corrected chi connectivity index (χ1v) is 7.12. The molecule has 0 aliphatic rings. The summed E-state index contributed by atoms with van der Waals surface area (Å²) in [6.07, 6.45) is 1.07. The smallest absolute Gasteiger partial charge is 0.134 e. The maximum atomic E-state index is 6.02. The second kappa shape index (κ2) is 5.38. The number of hydrogen-bond donors (Lipinski definition) is 1. The zero-order chi connectivity index (χ0) is 14.0. The topological polar surface area (TPSA) is 25.2 Å². The van der Waals surface area contributed by atoms with Crippen molar-refractivity contribution in [2.45, 2.75) is 52.5 Å². The second-order valence-electron chi connectivity index (χ2n) is 6.39. The summed E-state index contributed by atoms with van der Waals surface area (Å²) in [7, 11) is 0. The summed E-state index contributed by atoms with van der Waals surface area (Å²) in [5.74, 6) is 1.08. The Morgan fingerprint density at radius 1 is 1.21 bits per heavy atom. The molecule has 104 valence electrons. The Labute approximate surface area is 116 Å². The molecule has 0 saturated heterocycles. The summed E-state index contributed by atoms with van der Waals surface area (Å²) < 4.78 is 6.02. The van der Waals surface area contributed by atoms with Crippen LogP contribution in [0, 0.1) is 6.92 Å². The van der Waals surface area contributed by atoms with E-state index < -0.39 is 0 Å². The monoisotopic (exact) mass is 259 g/mol. The lowest BCUT2D eigenvalue weighted by Gasteiger charge is -2.22. The van der Waals surface area contributed by atoms with Crippen LogP contribution in [0.2, 0.25) is 0 Å². The highest BCUT2D eigenvalue weighted by Crippen LogP contribution is 2.32. The highest BCUT2D eigenvalue weighted by molar-refractivity contribution is 5.78. The molecule has 0 fully saturated rings. The van der Waals surface area contributed by atoms with Gasteiger partial charge in [0.05, 0.1) is 0 Å². The third-order valence-corrected chi connectivity index (χ3v) is 3.64. The third-order valence-electron chi connectivity index (χ3n) is 3.64. The summed E-state index contributed by atoms with van der Waals surface area (Å²) in [5.41, 5.74) is 2.33. The Hall–Kier alpha value is -1.28. The van der Waals surface area contributed by atoms with E-state index in [4.69, 9.17) is 4.42 Å². The maximum Gasteiger partial charge on any atom is 0.134 e. The van der Waals surface area contributed by atoms with Gasteiger partial charge in [0.15, 0.2) is 0 Å². The quantitative estimate of drug-likeness (QED) is 0.860.